The van der Waals surface area contributed by atoms with Crippen molar-refractivity contribution >= 4 is 22.6 Å². The van der Waals surface area contributed by atoms with Gasteiger partial charge in [-0.3, -0.25) is 9.59 Å². The van der Waals surface area contributed by atoms with Gasteiger partial charge in [-0.25, -0.2) is 0 Å². The molecule has 1 aromatic heterocycles. The van der Waals surface area contributed by atoms with Gasteiger partial charge in [0, 0.05) is 30.2 Å². The van der Waals surface area contributed by atoms with Crippen LogP contribution in [0.3, 0.4) is 0 Å². The highest BCUT2D eigenvalue weighted by atomic mass is 16.5. The Morgan fingerprint density at radius 1 is 0.938 bits per heavy atom. The number of Topliss-reactive ketones (excluding diaryl/α,β-unsaturated/α-hetero) is 1. The van der Waals surface area contributed by atoms with E-state index in [-0.39, 0.29) is 11.3 Å². The molecule has 0 unspecified atom stereocenters. The number of hydrogen-bond donors (Lipinski definition) is 0. The number of hydrogen-bond acceptors (Lipinski definition) is 3. The van der Waals surface area contributed by atoms with Crippen LogP contribution in [0.15, 0.2) is 54.7 Å². The van der Waals surface area contributed by atoms with E-state index in [2.05, 4.69) is 32.9 Å². The molecule has 2 aromatic carbocycles. The summed E-state index contributed by atoms with van der Waals surface area (Å²) < 4.78 is 7.97. The lowest BCUT2D eigenvalue weighted by molar-refractivity contribution is -0.127. The molecule has 0 N–H and O–H groups in total. The molecule has 32 heavy (non-hydrogen) atoms. The molecular weight excluding hydrogens is 400 g/mol. The van der Waals surface area contributed by atoms with Gasteiger partial charge in [0.25, 0.3) is 11.7 Å². The van der Waals surface area contributed by atoms with E-state index < -0.39 is 5.78 Å². The minimum absolute atomic E-state index is 0.108. The van der Waals surface area contributed by atoms with Crippen LogP contribution in [0.4, 0.5) is 0 Å². The molecular formula is C27H32N2O3. The van der Waals surface area contributed by atoms with Crippen LogP contribution in [0.1, 0.15) is 56.0 Å². The number of rotatable bonds is 6. The quantitative estimate of drug-likeness (QED) is 0.397. The van der Waals surface area contributed by atoms with E-state index in [0.717, 1.165) is 35.9 Å². The highest BCUT2D eigenvalue weighted by Crippen LogP contribution is 2.25. The predicted molar refractivity (Wildman–Crippen MR) is 127 cm³/mol. The van der Waals surface area contributed by atoms with Crippen LogP contribution in [0, 0.1) is 0 Å². The normalized spacial score (nSPS) is 14.5. The zero-order valence-electron chi connectivity index (χ0n) is 19.3. The van der Waals surface area contributed by atoms with Gasteiger partial charge >= 0.3 is 0 Å². The molecule has 0 bridgehead atoms. The molecule has 1 aliphatic heterocycles. The minimum atomic E-state index is -0.416. The molecule has 1 saturated heterocycles. The number of carbonyl (C=O) groups excluding carboxylic acids is 2. The highest BCUT2D eigenvalue weighted by Gasteiger charge is 2.27. The zero-order chi connectivity index (χ0) is 22.7. The Morgan fingerprint density at radius 3 is 2.31 bits per heavy atom. The molecule has 168 valence electrons. The number of likely N-dealkylation sites (tertiary alicyclic amines) is 1. The summed E-state index contributed by atoms with van der Waals surface area (Å²) in [5.74, 6) is 0.0226. The molecule has 0 saturated carbocycles. The molecule has 1 aliphatic rings. The van der Waals surface area contributed by atoms with Gasteiger partial charge in [-0.1, -0.05) is 51.1 Å². The summed E-state index contributed by atoms with van der Waals surface area (Å²) in [7, 11) is 0. The summed E-state index contributed by atoms with van der Waals surface area (Å²) in [6.45, 7) is 8.98. The van der Waals surface area contributed by atoms with Gasteiger partial charge in [0.05, 0.1) is 12.1 Å². The third-order valence-electron chi connectivity index (χ3n) is 6.19. The number of benzene rings is 2. The average Bonchev–Trinajstić information content (AvgIpc) is 3.17. The molecule has 1 amide bonds. The van der Waals surface area contributed by atoms with Gasteiger partial charge in [-0.2, -0.15) is 0 Å². The number of amides is 1. The first-order valence-electron chi connectivity index (χ1n) is 11.5. The van der Waals surface area contributed by atoms with E-state index in [1.165, 1.54) is 5.56 Å². The number of aromatic nitrogens is 1. The molecule has 0 aliphatic carbocycles. The number of para-hydroxylation sites is 1. The van der Waals surface area contributed by atoms with Gasteiger partial charge in [0.15, 0.2) is 0 Å². The Morgan fingerprint density at radius 2 is 1.62 bits per heavy atom. The van der Waals surface area contributed by atoms with Crippen molar-refractivity contribution in [1.29, 1.82) is 0 Å². The van der Waals surface area contributed by atoms with Gasteiger partial charge in [0.2, 0.25) is 0 Å². The van der Waals surface area contributed by atoms with Crippen LogP contribution >= 0.6 is 0 Å². The SMILES string of the molecule is CC(C)(C)c1ccc(OCCn2cc(C(=O)C(=O)N3CCCCC3)c3ccccc32)cc1. The van der Waals surface area contributed by atoms with Crippen molar-refractivity contribution in [2.24, 2.45) is 0 Å². The van der Waals surface area contributed by atoms with E-state index in [0.29, 0.717) is 31.8 Å². The summed E-state index contributed by atoms with van der Waals surface area (Å²) in [5, 5.41) is 0.817. The number of carbonyl (C=O) groups is 2. The van der Waals surface area contributed by atoms with Crippen LogP contribution in [0.5, 0.6) is 5.75 Å². The first kappa shape index (κ1) is 22.1. The Hall–Kier alpha value is -3.08. The molecule has 5 nitrogen and oxygen atoms in total. The summed E-state index contributed by atoms with van der Waals surface area (Å²) >= 11 is 0. The van der Waals surface area contributed by atoms with Crippen molar-refractivity contribution in [3.05, 3.63) is 65.9 Å². The van der Waals surface area contributed by atoms with E-state index in [1.54, 1.807) is 11.1 Å². The van der Waals surface area contributed by atoms with Crippen LogP contribution in [-0.2, 0) is 16.8 Å². The van der Waals surface area contributed by atoms with E-state index in [4.69, 9.17) is 4.74 Å². The minimum Gasteiger partial charge on any atom is -0.492 e. The van der Waals surface area contributed by atoms with E-state index >= 15 is 0 Å². The third-order valence-corrected chi connectivity index (χ3v) is 6.19. The summed E-state index contributed by atoms with van der Waals surface area (Å²) in [6, 6.07) is 16.0. The number of fused-ring (bicyclic) bond motifs is 1. The summed E-state index contributed by atoms with van der Waals surface area (Å²) in [6.07, 6.45) is 4.86. The van der Waals surface area contributed by atoms with Gasteiger partial charge in [-0.05, 0) is 48.4 Å². The van der Waals surface area contributed by atoms with Gasteiger partial charge in [0.1, 0.15) is 12.4 Å². The lowest BCUT2D eigenvalue weighted by Gasteiger charge is -2.25. The number of ketones is 1. The standard InChI is InChI=1S/C27H32N2O3/c1-27(2,3)20-11-13-21(14-12-20)32-18-17-29-19-23(22-9-5-6-10-24(22)29)25(30)26(31)28-15-7-4-8-16-28/h5-6,9-14,19H,4,7-8,15-18H2,1-3H3. The molecule has 5 heteroatoms. The molecule has 4 rings (SSSR count). The van der Waals surface area contributed by atoms with Crippen LogP contribution in [0.25, 0.3) is 10.9 Å². The Kier molecular flexibility index (Phi) is 6.35. The van der Waals surface area contributed by atoms with E-state index in [1.807, 2.05) is 41.0 Å². The number of ether oxygens (including phenoxy) is 1. The maximum atomic E-state index is 13.0. The zero-order valence-corrected chi connectivity index (χ0v) is 19.3. The van der Waals surface area contributed by atoms with Crippen molar-refractivity contribution in [3.8, 4) is 5.75 Å². The molecule has 0 atom stereocenters. The molecule has 2 heterocycles. The molecule has 1 fully saturated rings. The lowest BCUT2D eigenvalue weighted by Crippen LogP contribution is -2.40. The second-order valence-electron chi connectivity index (χ2n) is 9.56. The monoisotopic (exact) mass is 432 g/mol. The number of nitrogens with zero attached hydrogens (tertiary/aromatic N) is 2. The van der Waals surface area contributed by atoms with Crippen LogP contribution in [0.2, 0.25) is 0 Å². The Balaban J connectivity index is 1.47. The Bertz CT molecular complexity index is 1100. The first-order valence-corrected chi connectivity index (χ1v) is 11.5. The lowest BCUT2D eigenvalue weighted by atomic mass is 9.87. The maximum absolute atomic E-state index is 13.0. The fourth-order valence-corrected chi connectivity index (χ4v) is 4.28. The van der Waals surface area contributed by atoms with Gasteiger partial charge < -0.3 is 14.2 Å². The number of piperidine rings is 1. The fraction of sp³-hybridized carbons (Fsp3) is 0.407. The van der Waals surface area contributed by atoms with Crippen molar-refractivity contribution in [3.63, 3.8) is 0 Å². The average molecular weight is 433 g/mol. The van der Waals surface area contributed by atoms with Crippen molar-refractivity contribution in [2.45, 2.75) is 52.0 Å². The molecule has 0 spiro atoms. The van der Waals surface area contributed by atoms with Gasteiger partial charge in [-0.15, -0.1) is 0 Å². The summed E-state index contributed by atoms with van der Waals surface area (Å²) in [4.78, 5) is 27.5. The van der Waals surface area contributed by atoms with Crippen LogP contribution in [-0.4, -0.2) is 40.9 Å². The third kappa shape index (κ3) is 4.72. The van der Waals surface area contributed by atoms with E-state index in [9.17, 15) is 9.59 Å². The Labute approximate surface area is 190 Å². The van der Waals surface area contributed by atoms with Crippen molar-refractivity contribution < 1.29 is 14.3 Å². The maximum Gasteiger partial charge on any atom is 0.295 e. The predicted octanol–water partition coefficient (Wildman–Crippen LogP) is 5.21. The molecule has 3 aromatic rings. The smallest absolute Gasteiger partial charge is 0.295 e. The second-order valence-corrected chi connectivity index (χ2v) is 9.56. The molecule has 0 radical (unpaired) electrons. The second kappa shape index (κ2) is 9.19. The fourth-order valence-electron chi connectivity index (χ4n) is 4.28. The van der Waals surface area contributed by atoms with Crippen LogP contribution < -0.4 is 4.74 Å². The van der Waals surface area contributed by atoms with Crippen molar-refractivity contribution in [2.75, 3.05) is 19.7 Å². The first-order chi connectivity index (χ1) is 15.3. The largest absolute Gasteiger partial charge is 0.492 e. The van der Waals surface area contributed by atoms with Crippen molar-refractivity contribution in [1.82, 2.24) is 9.47 Å². The highest BCUT2D eigenvalue weighted by molar-refractivity contribution is 6.44. The topological polar surface area (TPSA) is 51.5 Å². The summed E-state index contributed by atoms with van der Waals surface area (Å²) in [5.41, 5.74) is 2.79.